The normalized spacial score (nSPS) is 20.6. The van der Waals surface area contributed by atoms with Gasteiger partial charge in [-0.25, -0.2) is 4.79 Å². The zero-order valence-corrected chi connectivity index (χ0v) is 13.2. The van der Waals surface area contributed by atoms with Crippen LogP contribution in [-0.2, 0) is 9.53 Å². The summed E-state index contributed by atoms with van der Waals surface area (Å²) >= 11 is 1.16. The largest absolute Gasteiger partial charge is 0.450 e. The van der Waals surface area contributed by atoms with Gasteiger partial charge < -0.3 is 15.2 Å². The monoisotopic (exact) mass is 342 g/mol. The van der Waals surface area contributed by atoms with Crippen LogP contribution in [0.1, 0.15) is 23.7 Å². The maximum Gasteiger partial charge on any atom is 0.414 e. The van der Waals surface area contributed by atoms with E-state index in [1.165, 1.54) is 6.07 Å². The molecular weight excluding hydrogens is 324 g/mol. The number of carbonyl (C=O) groups excluding carboxylic acids is 3. The van der Waals surface area contributed by atoms with E-state index in [-0.39, 0.29) is 24.5 Å². The molecule has 1 aromatic rings. The fourth-order valence-electron chi connectivity index (χ4n) is 2.00. The Morgan fingerprint density at radius 1 is 1.43 bits per heavy atom. The molecule has 1 aliphatic heterocycles. The number of carbonyl (C=O) groups is 3. The van der Waals surface area contributed by atoms with Crippen LogP contribution >= 0.6 is 11.3 Å². The summed E-state index contributed by atoms with van der Waals surface area (Å²) in [6, 6.07) is 0.925. The zero-order chi connectivity index (χ0) is 16.8. The molecule has 126 valence electrons. The van der Waals surface area contributed by atoms with Gasteiger partial charge in [0.2, 0.25) is 5.91 Å². The molecule has 0 aromatic carbocycles. The predicted octanol–water partition coefficient (Wildman–Crippen LogP) is -0.200. The van der Waals surface area contributed by atoms with E-state index in [0.717, 1.165) is 11.3 Å². The van der Waals surface area contributed by atoms with Crippen LogP contribution in [-0.4, -0.2) is 48.6 Å². The summed E-state index contributed by atoms with van der Waals surface area (Å²) in [4.78, 5) is 35.5. The van der Waals surface area contributed by atoms with Gasteiger partial charge in [-0.3, -0.25) is 25.5 Å². The highest BCUT2D eigenvalue weighted by Gasteiger charge is 2.26. The lowest BCUT2D eigenvalue weighted by atomic mass is 10.1. The highest BCUT2D eigenvalue weighted by Crippen LogP contribution is 2.23. The molecule has 2 rings (SSSR count). The third-order valence-corrected chi connectivity index (χ3v) is 3.93. The molecule has 0 radical (unpaired) electrons. The highest BCUT2D eigenvalue weighted by molar-refractivity contribution is 7.14. The number of thiophene rings is 1. The molecule has 0 aliphatic carbocycles. The highest BCUT2D eigenvalue weighted by atomic mass is 32.1. The maximum atomic E-state index is 12.2. The van der Waals surface area contributed by atoms with Gasteiger partial charge in [0.15, 0.2) is 0 Å². The number of anilines is 1. The number of aliphatic hydroxyl groups excluding tert-OH is 1. The average Bonchev–Trinajstić information content (AvgIpc) is 2.95. The number of alkyl carbamates (subject to hydrolysis) is 1. The number of aliphatic hydroxyl groups is 1. The summed E-state index contributed by atoms with van der Waals surface area (Å²) in [5, 5.41) is 21.8. The van der Waals surface area contributed by atoms with Crippen LogP contribution in [0.15, 0.2) is 11.4 Å². The molecule has 1 aliphatic rings. The SMILES string of the molecule is CCOC(=O)NC(=O)c1ccsc1NC(=O)C1CC(O)NCN1. The predicted molar refractivity (Wildman–Crippen MR) is 83.0 cm³/mol. The fourth-order valence-corrected chi connectivity index (χ4v) is 2.79. The van der Waals surface area contributed by atoms with Gasteiger partial charge in [-0.1, -0.05) is 0 Å². The molecule has 2 unspecified atom stereocenters. The Morgan fingerprint density at radius 3 is 2.91 bits per heavy atom. The Hall–Kier alpha value is -2.01. The second-order valence-electron chi connectivity index (χ2n) is 4.72. The van der Waals surface area contributed by atoms with Crippen molar-refractivity contribution in [3.05, 3.63) is 17.0 Å². The van der Waals surface area contributed by atoms with E-state index in [2.05, 4.69) is 26.0 Å². The van der Waals surface area contributed by atoms with E-state index in [0.29, 0.717) is 11.7 Å². The molecule has 0 spiro atoms. The minimum atomic E-state index is -0.843. The first-order valence-electron chi connectivity index (χ1n) is 7.02. The third kappa shape index (κ3) is 4.73. The van der Waals surface area contributed by atoms with Crippen LogP contribution in [0.25, 0.3) is 0 Å². The zero-order valence-electron chi connectivity index (χ0n) is 12.4. The Morgan fingerprint density at radius 2 is 2.22 bits per heavy atom. The summed E-state index contributed by atoms with van der Waals surface area (Å²) in [7, 11) is 0. The van der Waals surface area contributed by atoms with Crippen LogP contribution in [0.4, 0.5) is 9.80 Å². The van der Waals surface area contributed by atoms with Gasteiger partial charge >= 0.3 is 6.09 Å². The molecule has 2 atom stereocenters. The van der Waals surface area contributed by atoms with E-state index < -0.39 is 24.3 Å². The molecule has 1 fully saturated rings. The van der Waals surface area contributed by atoms with Crippen molar-refractivity contribution >= 4 is 34.2 Å². The summed E-state index contributed by atoms with van der Waals surface area (Å²) < 4.78 is 4.64. The van der Waals surface area contributed by atoms with Crippen molar-refractivity contribution in [3.63, 3.8) is 0 Å². The van der Waals surface area contributed by atoms with Gasteiger partial charge in [0, 0.05) is 13.1 Å². The number of hydrogen-bond acceptors (Lipinski definition) is 8. The molecule has 5 N–H and O–H groups in total. The van der Waals surface area contributed by atoms with E-state index >= 15 is 0 Å². The van der Waals surface area contributed by atoms with Gasteiger partial charge in [0.1, 0.15) is 11.2 Å². The van der Waals surface area contributed by atoms with Gasteiger partial charge in [0.05, 0.1) is 18.2 Å². The Bertz CT molecular complexity index is 591. The summed E-state index contributed by atoms with van der Waals surface area (Å²) in [6.45, 7) is 2.08. The molecule has 0 bridgehead atoms. The van der Waals surface area contributed by atoms with Gasteiger partial charge in [-0.05, 0) is 18.4 Å². The van der Waals surface area contributed by atoms with Gasteiger partial charge in [-0.2, -0.15) is 0 Å². The summed E-state index contributed by atoms with van der Waals surface area (Å²) in [5.41, 5.74) is 0.172. The lowest BCUT2D eigenvalue weighted by Crippen LogP contribution is -2.55. The van der Waals surface area contributed by atoms with Crippen molar-refractivity contribution in [2.75, 3.05) is 18.6 Å². The van der Waals surface area contributed by atoms with Gasteiger partial charge in [0.25, 0.3) is 5.91 Å². The fraction of sp³-hybridized carbons (Fsp3) is 0.462. The van der Waals surface area contributed by atoms with Crippen molar-refractivity contribution in [1.82, 2.24) is 16.0 Å². The molecule has 2 heterocycles. The van der Waals surface area contributed by atoms with Crippen LogP contribution in [0.3, 0.4) is 0 Å². The number of rotatable bonds is 4. The molecule has 10 heteroatoms. The number of amides is 3. The third-order valence-electron chi connectivity index (χ3n) is 3.10. The molecule has 3 amide bonds. The lowest BCUT2D eigenvalue weighted by Gasteiger charge is -2.27. The van der Waals surface area contributed by atoms with E-state index in [9.17, 15) is 19.5 Å². The minimum Gasteiger partial charge on any atom is -0.450 e. The second-order valence-corrected chi connectivity index (χ2v) is 5.63. The number of imide groups is 1. The number of nitrogens with one attached hydrogen (secondary N) is 4. The first-order valence-corrected chi connectivity index (χ1v) is 7.90. The Labute approximate surface area is 136 Å². The van der Waals surface area contributed by atoms with Crippen molar-refractivity contribution in [2.24, 2.45) is 0 Å². The van der Waals surface area contributed by atoms with Crippen LogP contribution < -0.4 is 21.3 Å². The van der Waals surface area contributed by atoms with Crippen LogP contribution in [0, 0.1) is 0 Å². The lowest BCUT2D eigenvalue weighted by molar-refractivity contribution is -0.119. The molecule has 0 saturated carbocycles. The van der Waals surface area contributed by atoms with Crippen molar-refractivity contribution in [3.8, 4) is 0 Å². The Balaban J connectivity index is 1.98. The number of ether oxygens (including phenoxy) is 1. The van der Waals surface area contributed by atoms with Crippen LogP contribution in [0.5, 0.6) is 0 Å². The molecule has 1 saturated heterocycles. The minimum absolute atomic E-state index is 0.149. The van der Waals surface area contributed by atoms with Crippen molar-refractivity contribution < 1.29 is 24.2 Å². The Kier molecular flexibility index (Phi) is 6.04. The molecule has 1 aromatic heterocycles. The van der Waals surface area contributed by atoms with Crippen LogP contribution in [0.2, 0.25) is 0 Å². The quantitative estimate of drug-likeness (QED) is 0.512. The number of hydrogen-bond donors (Lipinski definition) is 5. The van der Waals surface area contributed by atoms with Crippen molar-refractivity contribution in [1.29, 1.82) is 0 Å². The summed E-state index contributed by atoms with van der Waals surface area (Å²) in [6.07, 6.45) is -1.40. The van der Waals surface area contributed by atoms with E-state index in [1.807, 2.05) is 0 Å². The van der Waals surface area contributed by atoms with Gasteiger partial charge in [-0.15, -0.1) is 11.3 Å². The van der Waals surface area contributed by atoms with E-state index in [4.69, 9.17) is 0 Å². The van der Waals surface area contributed by atoms with Crippen molar-refractivity contribution in [2.45, 2.75) is 25.6 Å². The van der Waals surface area contributed by atoms with E-state index in [1.54, 1.807) is 12.3 Å². The topological polar surface area (TPSA) is 129 Å². The maximum absolute atomic E-state index is 12.2. The molecule has 23 heavy (non-hydrogen) atoms. The smallest absolute Gasteiger partial charge is 0.414 e. The standard InChI is InChI=1S/C13H18N4O5S/c1-2-22-13(21)17-10(19)7-3-4-23-12(7)16-11(20)8-5-9(18)15-6-14-8/h3-4,8-9,14-15,18H,2,5-6H2,1H3,(H,16,20)(H,17,19,21). The molecule has 9 nitrogen and oxygen atoms in total. The first-order chi connectivity index (χ1) is 11.0. The summed E-state index contributed by atoms with van der Waals surface area (Å²) in [5.74, 6) is -1.02. The molecular formula is C13H18N4O5S. The average molecular weight is 342 g/mol. The first kappa shape index (κ1) is 17.3. The second kappa shape index (κ2) is 8.02.